The van der Waals surface area contributed by atoms with Crippen LogP contribution in [-0.2, 0) is 10.0 Å². The van der Waals surface area contributed by atoms with Crippen molar-refractivity contribution in [2.24, 2.45) is 0 Å². The molecule has 22 heavy (non-hydrogen) atoms. The average molecular weight is 360 g/mol. The van der Waals surface area contributed by atoms with Crippen LogP contribution in [0.2, 0.25) is 10.0 Å². The molecule has 2 aromatic rings. The van der Waals surface area contributed by atoms with Crippen molar-refractivity contribution < 1.29 is 8.42 Å². The lowest BCUT2D eigenvalue weighted by atomic mass is 10.3. The number of rotatable bonds is 6. The normalized spacial score (nSPS) is 11.2. The van der Waals surface area contributed by atoms with Crippen LogP contribution in [0, 0.1) is 0 Å². The van der Waals surface area contributed by atoms with Gasteiger partial charge in [-0.2, -0.15) is 0 Å². The van der Waals surface area contributed by atoms with Crippen LogP contribution < -0.4 is 10.0 Å². The van der Waals surface area contributed by atoms with E-state index in [4.69, 9.17) is 23.2 Å². The largest absolute Gasteiger partial charge is 0.353 e. The molecule has 0 bridgehead atoms. The molecular formula is C14H15Cl2N3O2S. The number of aromatic nitrogens is 1. The molecule has 1 heterocycles. The first-order valence-corrected chi connectivity index (χ1v) is 8.99. The van der Waals surface area contributed by atoms with E-state index in [2.05, 4.69) is 15.0 Å². The van der Waals surface area contributed by atoms with Gasteiger partial charge in [-0.05, 0) is 36.8 Å². The average Bonchev–Trinajstić information content (AvgIpc) is 2.44. The Labute approximate surface area is 139 Å². The fourth-order valence-electron chi connectivity index (χ4n) is 1.76. The molecule has 0 spiro atoms. The van der Waals surface area contributed by atoms with Crippen molar-refractivity contribution in [3.8, 4) is 0 Å². The molecule has 1 aromatic carbocycles. The standard InChI is InChI=1S/C14H15Cl2N3O2S/c1-2-7-22(20,21)19-14-6-4-11(9-17-14)18-13-8-10(15)3-5-12(13)16/h3-6,8-9,18H,2,7H2,1H3,(H,17,19). The van der Waals surface area contributed by atoms with Gasteiger partial charge < -0.3 is 5.32 Å². The molecular weight excluding hydrogens is 345 g/mol. The lowest BCUT2D eigenvalue weighted by Gasteiger charge is -2.10. The van der Waals surface area contributed by atoms with E-state index in [1.165, 1.54) is 6.20 Å². The van der Waals surface area contributed by atoms with Gasteiger partial charge in [-0.3, -0.25) is 4.72 Å². The first-order chi connectivity index (χ1) is 10.4. The molecule has 0 radical (unpaired) electrons. The number of halogens is 2. The number of sulfonamides is 1. The van der Waals surface area contributed by atoms with Crippen molar-refractivity contribution in [3.05, 3.63) is 46.6 Å². The number of pyridine rings is 1. The van der Waals surface area contributed by atoms with Gasteiger partial charge in [0.25, 0.3) is 0 Å². The van der Waals surface area contributed by atoms with Crippen LogP contribution in [0.5, 0.6) is 0 Å². The highest BCUT2D eigenvalue weighted by Gasteiger charge is 2.09. The molecule has 0 saturated carbocycles. The van der Waals surface area contributed by atoms with E-state index >= 15 is 0 Å². The van der Waals surface area contributed by atoms with Crippen LogP contribution in [0.15, 0.2) is 36.5 Å². The second-order valence-electron chi connectivity index (χ2n) is 4.60. The summed E-state index contributed by atoms with van der Waals surface area (Å²) in [5, 5.41) is 4.16. The second kappa shape index (κ2) is 7.17. The predicted octanol–water partition coefficient (Wildman–Crippen LogP) is 4.28. The molecule has 8 heteroatoms. The number of benzene rings is 1. The quantitative estimate of drug-likeness (QED) is 0.807. The highest BCUT2D eigenvalue weighted by atomic mass is 35.5. The second-order valence-corrected chi connectivity index (χ2v) is 7.29. The van der Waals surface area contributed by atoms with Crippen molar-refractivity contribution in [1.29, 1.82) is 0 Å². The van der Waals surface area contributed by atoms with Gasteiger partial charge >= 0.3 is 0 Å². The molecule has 2 N–H and O–H groups in total. The van der Waals surface area contributed by atoms with Crippen LogP contribution in [0.1, 0.15) is 13.3 Å². The third-order valence-corrected chi connectivity index (χ3v) is 4.73. The van der Waals surface area contributed by atoms with Gasteiger partial charge in [0.1, 0.15) is 5.82 Å². The third kappa shape index (κ3) is 4.76. The monoisotopic (exact) mass is 359 g/mol. The van der Waals surface area contributed by atoms with E-state index in [1.54, 1.807) is 37.3 Å². The first-order valence-electron chi connectivity index (χ1n) is 6.58. The Kier molecular flexibility index (Phi) is 5.50. The molecule has 0 aliphatic carbocycles. The first kappa shape index (κ1) is 16.9. The zero-order valence-electron chi connectivity index (χ0n) is 11.8. The van der Waals surface area contributed by atoms with Crippen molar-refractivity contribution in [2.45, 2.75) is 13.3 Å². The van der Waals surface area contributed by atoms with Crippen LogP contribution in [0.3, 0.4) is 0 Å². The Balaban J connectivity index is 2.11. The maximum atomic E-state index is 11.7. The molecule has 5 nitrogen and oxygen atoms in total. The summed E-state index contributed by atoms with van der Waals surface area (Å²) >= 11 is 12.0. The van der Waals surface area contributed by atoms with E-state index in [0.29, 0.717) is 27.8 Å². The molecule has 0 saturated heterocycles. The Morgan fingerprint density at radius 1 is 1.18 bits per heavy atom. The number of nitrogens with zero attached hydrogens (tertiary/aromatic N) is 1. The molecule has 118 valence electrons. The van der Waals surface area contributed by atoms with Crippen LogP contribution in [-0.4, -0.2) is 19.2 Å². The molecule has 0 aliphatic rings. The van der Waals surface area contributed by atoms with E-state index in [9.17, 15) is 8.42 Å². The Bertz CT molecular complexity index is 749. The van der Waals surface area contributed by atoms with Gasteiger partial charge in [-0.1, -0.05) is 30.1 Å². The maximum absolute atomic E-state index is 11.7. The summed E-state index contributed by atoms with van der Waals surface area (Å²) < 4.78 is 25.7. The van der Waals surface area contributed by atoms with Gasteiger partial charge in [0.15, 0.2) is 0 Å². The van der Waals surface area contributed by atoms with Crippen molar-refractivity contribution >= 4 is 50.4 Å². The summed E-state index contributed by atoms with van der Waals surface area (Å²) in [6.07, 6.45) is 2.06. The van der Waals surface area contributed by atoms with Crippen LogP contribution in [0.25, 0.3) is 0 Å². The topological polar surface area (TPSA) is 71.1 Å². The van der Waals surface area contributed by atoms with Gasteiger partial charge in [0.05, 0.1) is 28.3 Å². The zero-order valence-corrected chi connectivity index (χ0v) is 14.1. The third-order valence-electron chi connectivity index (χ3n) is 2.70. The molecule has 0 fully saturated rings. The number of nitrogens with one attached hydrogen (secondary N) is 2. The molecule has 0 unspecified atom stereocenters. The lowest BCUT2D eigenvalue weighted by molar-refractivity contribution is 0.599. The van der Waals surface area contributed by atoms with E-state index < -0.39 is 10.0 Å². The van der Waals surface area contributed by atoms with Crippen LogP contribution >= 0.6 is 23.2 Å². The highest BCUT2D eigenvalue weighted by molar-refractivity contribution is 7.92. The lowest BCUT2D eigenvalue weighted by Crippen LogP contribution is -2.16. The number of hydrogen-bond acceptors (Lipinski definition) is 4. The SMILES string of the molecule is CCCS(=O)(=O)Nc1ccc(Nc2cc(Cl)ccc2Cl)cn1. The maximum Gasteiger partial charge on any atom is 0.233 e. The summed E-state index contributed by atoms with van der Waals surface area (Å²) in [6.45, 7) is 1.80. The fourth-order valence-corrected chi connectivity index (χ4v) is 3.17. The van der Waals surface area contributed by atoms with Gasteiger partial charge in [0, 0.05) is 5.02 Å². The van der Waals surface area contributed by atoms with Crippen LogP contribution in [0.4, 0.5) is 17.2 Å². The van der Waals surface area contributed by atoms with E-state index in [0.717, 1.165) is 0 Å². The smallest absolute Gasteiger partial charge is 0.233 e. The minimum absolute atomic E-state index is 0.0623. The summed E-state index contributed by atoms with van der Waals surface area (Å²) in [5.41, 5.74) is 1.32. The molecule has 2 rings (SSSR count). The molecule has 0 aliphatic heterocycles. The summed E-state index contributed by atoms with van der Waals surface area (Å²) in [6, 6.07) is 8.36. The van der Waals surface area contributed by atoms with Gasteiger partial charge in [-0.25, -0.2) is 13.4 Å². The summed E-state index contributed by atoms with van der Waals surface area (Å²) in [7, 11) is -3.34. The van der Waals surface area contributed by atoms with Gasteiger partial charge in [-0.15, -0.1) is 0 Å². The minimum Gasteiger partial charge on any atom is -0.353 e. The summed E-state index contributed by atoms with van der Waals surface area (Å²) in [5.74, 6) is 0.337. The van der Waals surface area contributed by atoms with Crippen molar-refractivity contribution in [3.63, 3.8) is 0 Å². The molecule has 0 atom stereocenters. The predicted molar refractivity (Wildman–Crippen MR) is 91.7 cm³/mol. The molecule has 0 amide bonds. The van der Waals surface area contributed by atoms with Crippen molar-refractivity contribution in [1.82, 2.24) is 4.98 Å². The van der Waals surface area contributed by atoms with E-state index in [1.807, 2.05) is 0 Å². The Morgan fingerprint density at radius 3 is 2.59 bits per heavy atom. The Hall–Kier alpha value is -1.50. The molecule has 1 aromatic heterocycles. The number of hydrogen-bond donors (Lipinski definition) is 2. The van der Waals surface area contributed by atoms with E-state index in [-0.39, 0.29) is 11.6 Å². The highest BCUT2D eigenvalue weighted by Crippen LogP contribution is 2.28. The minimum atomic E-state index is -3.34. The Morgan fingerprint density at radius 2 is 1.95 bits per heavy atom. The van der Waals surface area contributed by atoms with Crippen molar-refractivity contribution in [2.75, 3.05) is 15.8 Å². The number of anilines is 3. The summed E-state index contributed by atoms with van der Waals surface area (Å²) in [4.78, 5) is 4.07. The van der Waals surface area contributed by atoms with Gasteiger partial charge in [0.2, 0.25) is 10.0 Å². The fraction of sp³-hybridized carbons (Fsp3) is 0.214. The zero-order chi connectivity index (χ0) is 16.2.